The molecule has 4 rings (SSSR count). The first-order valence-electron chi connectivity index (χ1n) is 9.48. The van der Waals surface area contributed by atoms with Crippen LogP contribution in [0, 0.1) is 6.92 Å². The van der Waals surface area contributed by atoms with E-state index in [4.69, 9.17) is 0 Å². The Morgan fingerprint density at radius 2 is 1.86 bits per heavy atom. The molecule has 1 aliphatic rings. The fourth-order valence-electron chi connectivity index (χ4n) is 3.18. The SMILES string of the molecule is Cc1ccc(-c2cnc(Nc3ccc(CN4CCN(S(C)=O)CC4)cn3)s2)cn1. The summed E-state index contributed by atoms with van der Waals surface area (Å²) in [5.41, 5.74) is 3.24. The van der Waals surface area contributed by atoms with E-state index in [2.05, 4.69) is 37.3 Å². The van der Waals surface area contributed by atoms with Gasteiger partial charge >= 0.3 is 0 Å². The molecule has 1 fully saturated rings. The molecule has 0 amide bonds. The van der Waals surface area contributed by atoms with Crippen molar-refractivity contribution < 1.29 is 4.21 Å². The van der Waals surface area contributed by atoms with Gasteiger partial charge in [-0.3, -0.25) is 9.88 Å². The van der Waals surface area contributed by atoms with Crippen molar-refractivity contribution in [1.82, 2.24) is 24.2 Å². The number of aryl methyl sites for hydroxylation is 1. The summed E-state index contributed by atoms with van der Waals surface area (Å²) in [6, 6.07) is 8.15. The van der Waals surface area contributed by atoms with Gasteiger partial charge in [0.15, 0.2) is 5.13 Å². The van der Waals surface area contributed by atoms with Gasteiger partial charge in [-0.1, -0.05) is 23.5 Å². The van der Waals surface area contributed by atoms with E-state index in [0.717, 1.165) is 59.8 Å². The Balaban J connectivity index is 1.33. The van der Waals surface area contributed by atoms with Gasteiger partial charge in [-0.25, -0.2) is 18.5 Å². The summed E-state index contributed by atoms with van der Waals surface area (Å²) >= 11 is 1.58. The van der Waals surface area contributed by atoms with Gasteiger partial charge in [0.1, 0.15) is 5.82 Å². The van der Waals surface area contributed by atoms with Crippen LogP contribution in [-0.4, -0.2) is 60.8 Å². The highest BCUT2D eigenvalue weighted by molar-refractivity contribution is 7.81. The summed E-state index contributed by atoms with van der Waals surface area (Å²) in [4.78, 5) is 16.8. The lowest BCUT2D eigenvalue weighted by Gasteiger charge is -2.32. The van der Waals surface area contributed by atoms with E-state index in [1.165, 1.54) is 5.56 Å². The average molecular weight is 429 g/mol. The molecule has 1 atom stereocenters. The zero-order valence-corrected chi connectivity index (χ0v) is 18.2. The van der Waals surface area contributed by atoms with Gasteiger partial charge in [-0.15, -0.1) is 0 Å². The van der Waals surface area contributed by atoms with E-state index in [1.54, 1.807) is 17.6 Å². The molecular formula is C20H24N6OS2. The third kappa shape index (κ3) is 5.24. The number of anilines is 2. The van der Waals surface area contributed by atoms with Gasteiger partial charge in [-0.2, -0.15) is 0 Å². The van der Waals surface area contributed by atoms with Gasteiger partial charge in [0.05, 0.1) is 15.9 Å². The normalized spacial score (nSPS) is 16.6. The standard InChI is InChI=1S/C20H24N6OS2/c1-15-3-5-17(12-21-15)18-13-23-20(28-18)24-19-6-4-16(11-22-19)14-25-7-9-26(10-8-25)29(2)27/h3-6,11-13H,7-10,14H2,1-2H3,(H,22,23,24). The van der Waals surface area contributed by atoms with Crippen LogP contribution in [0.2, 0.25) is 0 Å². The third-order valence-corrected chi connectivity index (χ3v) is 6.92. The molecule has 4 heterocycles. The summed E-state index contributed by atoms with van der Waals surface area (Å²) in [5, 5.41) is 4.09. The van der Waals surface area contributed by atoms with Crippen molar-refractivity contribution in [3.05, 3.63) is 54.1 Å². The van der Waals surface area contributed by atoms with Crippen LogP contribution < -0.4 is 5.32 Å². The number of aromatic nitrogens is 3. The maximum Gasteiger partial charge on any atom is 0.188 e. The van der Waals surface area contributed by atoms with Crippen molar-refractivity contribution in [2.75, 3.05) is 37.8 Å². The molecule has 1 saturated heterocycles. The summed E-state index contributed by atoms with van der Waals surface area (Å²) < 4.78 is 13.6. The number of nitrogens with zero attached hydrogens (tertiary/aromatic N) is 5. The monoisotopic (exact) mass is 428 g/mol. The lowest BCUT2D eigenvalue weighted by atomic mass is 10.2. The Morgan fingerprint density at radius 1 is 1.03 bits per heavy atom. The fraction of sp³-hybridized carbons (Fsp3) is 0.350. The van der Waals surface area contributed by atoms with E-state index < -0.39 is 11.0 Å². The molecule has 0 aliphatic carbocycles. The molecule has 0 radical (unpaired) electrons. The molecule has 0 saturated carbocycles. The van der Waals surface area contributed by atoms with E-state index in [9.17, 15) is 4.21 Å². The molecule has 3 aromatic heterocycles. The first kappa shape index (κ1) is 20.1. The minimum absolute atomic E-state index is 0.780. The minimum Gasteiger partial charge on any atom is -0.316 e. The first-order chi connectivity index (χ1) is 14.1. The molecule has 0 bridgehead atoms. The second-order valence-corrected chi connectivity index (χ2v) is 9.42. The van der Waals surface area contributed by atoms with Crippen LogP contribution in [0.1, 0.15) is 11.3 Å². The third-order valence-electron chi connectivity index (χ3n) is 4.86. The smallest absolute Gasteiger partial charge is 0.188 e. The highest BCUT2D eigenvalue weighted by atomic mass is 32.2. The summed E-state index contributed by atoms with van der Waals surface area (Å²) in [7, 11) is -0.870. The van der Waals surface area contributed by atoms with Crippen LogP contribution >= 0.6 is 11.3 Å². The van der Waals surface area contributed by atoms with Gasteiger partial charge < -0.3 is 5.32 Å². The van der Waals surface area contributed by atoms with Crippen molar-refractivity contribution in [3.63, 3.8) is 0 Å². The maximum absolute atomic E-state index is 11.5. The number of hydrogen-bond acceptors (Lipinski definition) is 7. The molecule has 29 heavy (non-hydrogen) atoms. The Morgan fingerprint density at radius 3 is 2.52 bits per heavy atom. The zero-order chi connectivity index (χ0) is 20.2. The van der Waals surface area contributed by atoms with Crippen LogP contribution in [-0.2, 0) is 17.5 Å². The fourth-order valence-corrected chi connectivity index (χ4v) is 4.67. The molecule has 1 aliphatic heterocycles. The second-order valence-electron chi connectivity index (χ2n) is 7.02. The zero-order valence-electron chi connectivity index (χ0n) is 16.5. The molecule has 3 aromatic rings. The van der Waals surface area contributed by atoms with Gasteiger partial charge in [0.25, 0.3) is 0 Å². The van der Waals surface area contributed by atoms with E-state index in [-0.39, 0.29) is 0 Å². The maximum atomic E-state index is 11.5. The highest BCUT2D eigenvalue weighted by Crippen LogP contribution is 2.30. The van der Waals surface area contributed by atoms with E-state index >= 15 is 0 Å². The van der Waals surface area contributed by atoms with Crippen molar-refractivity contribution in [3.8, 4) is 10.4 Å². The Hall–Kier alpha value is -2.20. The first-order valence-corrected chi connectivity index (χ1v) is 11.8. The number of thiazole rings is 1. The minimum atomic E-state index is -0.870. The van der Waals surface area contributed by atoms with Gasteiger partial charge in [0.2, 0.25) is 0 Å². The molecule has 1 N–H and O–H groups in total. The number of rotatable bonds is 6. The largest absolute Gasteiger partial charge is 0.316 e. The predicted molar refractivity (Wildman–Crippen MR) is 119 cm³/mol. The number of hydrogen-bond donors (Lipinski definition) is 1. The Kier molecular flexibility index (Phi) is 6.29. The second kappa shape index (κ2) is 9.08. The molecule has 7 nitrogen and oxygen atoms in total. The van der Waals surface area contributed by atoms with Crippen molar-refractivity contribution in [2.45, 2.75) is 13.5 Å². The predicted octanol–water partition coefficient (Wildman–Crippen LogP) is 3.06. The van der Waals surface area contributed by atoms with Crippen molar-refractivity contribution in [2.24, 2.45) is 0 Å². The van der Waals surface area contributed by atoms with Crippen molar-refractivity contribution >= 4 is 33.3 Å². The molecule has 1 unspecified atom stereocenters. The molecule has 0 spiro atoms. The van der Waals surface area contributed by atoms with Crippen LogP contribution in [0.3, 0.4) is 0 Å². The molecule has 152 valence electrons. The Labute approximate surface area is 177 Å². The van der Waals surface area contributed by atoms with E-state index in [1.807, 2.05) is 42.0 Å². The van der Waals surface area contributed by atoms with Crippen molar-refractivity contribution in [1.29, 1.82) is 0 Å². The molecular weight excluding hydrogens is 404 g/mol. The van der Waals surface area contributed by atoms with Gasteiger partial charge in [-0.05, 0) is 24.6 Å². The molecule has 0 aromatic carbocycles. The topological polar surface area (TPSA) is 74.2 Å². The quantitative estimate of drug-likeness (QED) is 0.650. The van der Waals surface area contributed by atoms with Crippen LogP contribution in [0.4, 0.5) is 10.9 Å². The Bertz CT molecular complexity index is 965. The average Bonchev–Trinajstić information content (AvgIpc) is 3.19. The summed E-state index contributed by atoms with van der Waals surface area (Å²) in [6.07, 6.45) is 7.38. The number of nitrogens with one attached hydrogen (secondary N) is 1. The van der Waals surface area contributed by atoms with Crippen LogP contribution in [0.25, 0.3) is 10.4 Å². The van der Waals surface area contributed by atoms with Crippen LogP contribution in [0.5, 0.6) is 0 Å². The highest BCUT2D eigenvalue weighted by Gasteiger charge is 2.19. The van der Waals surface area contributed by atoms with Gasteiger partial charge in [0, 0.05) is 68.8 Å². The summed E-state index contributed by atoms with van der Waals surface area (Å²) in [6.45, 7) is 6.38. The number of pyridine rings is 2. The van der Waals surface area contributed by atoms with Crippen LogP contribution in [0.15, 0.2) is 42.9 Å². The number of piperazine rings is 1. The van der Waals surface area contributed by atoms with E-state index in [0.29, 0.717) is 0 Å². The molecule has 9 heteroatoms. The lowest BCUT2D eigenvalue weighted by molar-refractivity contribution is 0.186. The lowest BCUT2D eigenvalue weighted by Crippen LogP contribution is -2.46. The summed E-state index contributed by atoms with van der Waals surface area (Å²) in [5.74, 6) is 0.780.